The average Bonchev–Trinajstić information content (AvgIpc) is 2.74. The Morgan fingerprint density at radius 2 is 1.89 bits per heavy atom. The van der Waals surface area contributed by atoms with Crippen LogP contribution in [0.3, 0.4) is 0 Å². The Balaban J connectivity index is 2.52. The van der Waals surface area contributed by atoms with Crippen molar-refractivity contribution in [3.05, 3.63) is 56.2 Å². The summed E-state index contributed by atoms with van der Waals surface area (Å²) in [5, 5.41) is 6.46. The molecule has 96 valence electrons. The first kappa shape index (κ1) is 13.6. The lowest BCUT2D eigenvalue weighted by Crippen LogP contribution is -2.23. The van der Waals surface area contributed by atoms with Gasteiger partial charge in [0.05, 0.1) is 11.1 Å². The van der Waals surface area contributed by atoms with Crippen LogP contribution in [-0.2, 0) is 0 Å². The molecule has 18 heavy (non-hydrogen) atoms. The highest BCUT2D eigenvalue weighted by atomic mass is 35.5. The maximum atomic E-state index is 6.30. The standard InChI is InChI=1S/C15H18ClNS/c1-4-17-14(15-12(16)8-9-18-15)13-10(2)6-5-7-11(13)3/h5-9,14,17H,4H2,1-3H3. The largest absolute Gasteiger partial charge is 0.306 e. The summed E-state index contributed by atoms with van der Waals surface area (Å²) in [7, 11) is 0. The summed E-state index contributed by atoms with van der Waals surface area (Å²) in [4.78, 5) is 1.20. The molecule has 0 saturated carbocycles. The monoisotopic (exact) mass is 279 g/mol. The second-order valence-electron chi connectivity index (χ2n) is 4.43. The summed E-state index contributed by atoms with van der Waals surface area (Å²) < 4.78 is 0. The molecule has 1 aromatic carbocycles. The lowest BCUT2D eigenvalue weighted by molar-refractivity contribution is 0.634. The second kappa shape index (κ2) is 5.87. The molecular weight excluding hydrogens is 262 g/mol. The van der Waals surface area contributed by atoms with Crippen LogP contribution in [0.2, 0.25) is 5.02 Å². The van der Waals surface area contributed by atoms with Crippen LogP contribution in [0.1, 0.15) is 34.5 Å². The lowest BCUT2D eigenvalue weighted by atomic mass is 9.95. The van der Waals surface area contributed by atoms with E-state index in [1.165, 1.54) is 21.6 Å². The van der Waals surface area contributed by atoms with Crippen molar-refractivity contribution in [1.82, 2.24) is 5.32 Å². The molecule has 1 unspecified atom stereocenters. The molecule has 2 rings (SSSR count). The number of thiophene rings is 1. The first-order valence-corrected chi connectivity index (χ1v) is 7.43. The van der Waals surface area contributed by atoms with Crippen LogP contribution < -0.4 is 5.32 Å². The van der Waals surface area contributed by atoms with Gasteiger partial charge < -0.3 is 5.32 Å². The third-order valence-corrected chi connectivity index (χ3v) is 4.57. The minimum Gasteiger partial charge on any atom is -0.306 e. The molecule has 0 bridgehead atoms. The van der Waals surface area contributed by atoms with Gasteiger partial charge in [0, 0.05) is 4.88 Å². The molecular formula is C15H18ClNS. The fourth-order valence-electron chi connectivity index (χ4n) is 2.32. The Kier molecular flexibility index (Phi) is 4.44. The molecule has 2 aromatic rings. The Hall–Kier alpha value is -0.830. The van der Waals surface area contributed by atoms with Crippen molar-refractivity contribution in [3.63, 3.8) is 0 Å². The van der Waals surface area contributed by atoms with Gasteiger partial charge in [0.2, 0.25) is 0 Å². The van der Waals surface area contributed by atoms with Gasteiger partial charge in [0.1, 0.15) is 0 Å². The summed E-state index contributed by atoms with van der Waals surface area (Å²) in [6.07, 6.45) is 0. The van der Waals surface area contributed by atoms with E-state index in [-0.39, 0.29) is 6.04 Å². The fourth-order valence-corrected chi connectivity index (χ4v) is 3.57. The van der Waals surface area contributed by atoms with Crippen LogP contribution in [0.15, 0.2) is 29.6 Å². The van der Waals surface area contributed by atoms with Gasteiger partial charge in [-0.1, -0.05) is 36.7 Å². The highest BCUT2D eigenvalue weighted by molar-refractivity contribution is 7.10. The van der Waals surface area contributed by atoms with E-state index in [9.17, 15) is 0 Å². The summed E-state index contributed by atoms with van der Waals surface area (Å²) >= 11 is 8.01. The molecule has 1 heterocycles. The fraction of sp³-hybridized carbons (Fsp3) is 0.333. The third-order valence-electron chi connectivity index (χ3n) is 3.15. The number of nitrogens with one attached hydrogen (secondary N) is 1. The third kappa shape index (κ3) is 2.61. The quantitative estimate of drug-likeness (QED) is 0.854. The zero-order valence-electron chi connectivity index (χ0n) is 11.0. The minimum absolute atomic E-state index is 0.198. The molecule has 0 aliphatic carbocycles. The Morgan fingerprint density at radius 1 is 1.22 bits per heavy atom. The molecule has 0 saturated heterocycles. The van der Waals surface area contributed by atoms with E-state index in [4.69, 9.17) is 11.6 Å². The number of hydrogen-bond donors (Lipinski definition) is 1. The van der Waals surface area contributed by atoms with E-state index in [0.29, 0.717) is 0 Å². The molecule has 0 fully saturated rings. The van der Waals surface area contributed by atoms with Gasteiger partial charge in [0.25, 0.3) is 0 Å². The summed E-state index contributed by atoms with van der Waals surface area (Å²) in [6.45, 7) is 7.37. The summed E-state index contributed by atoms with van der Waals surface area (Å²) in [6, 6.07) is 8.60. The molecule has 1 atom stereocenters. The van der Waals surface area contributed by atoms with E-state index in [0.717, 1.165) is 11.6 Å². The molecule has 3 heteroatoms. The van der Waals surface area contributed by atoms with Crippen LogP contribution in [0.5, 0.6) is 0 Å². The van der Waals surface area contributed by atoms with Crippen molar-refractivity contribution in [2.45, 2.75) is 26.8 Å². The van der Waals surface area contributed by atoms with Gasteiger partial charge in [-0.2, -0.15) is 0 Å². The van der Waals surface area contributed by atoms with Crippen LogP contribution in [-0.4, -0.2) is 6.54 Å². The maximum absolute atomic E-state index is 6.30. The van der Waals surface area contributed by atoms with Crippen LogP contribution in [0, 0.1) is 13.8 Å². The van der Waals surface area contributed by atoms with Gasteiger partial charge in [-0.15, -0.1) is 11.3 Å². The molecule has 0 aliphatic heterocycles. The van der Waals surface area contributed by atoms with Crippen molar-refractivity contribution < 1.29 is 0 Å². The Bertz CT molecular complexity index is 513. The second-order valence-corrected chi connectivity index (χ2v) is 5.78. The smallest absolute Gasteiger partial charge is 0.0691 e. The summed E-state index contributed by atoms with van der Waals surface area (Å²) in [5.41, 5.74) is 3.97. The average molecular weight is 280 g/mol. The Labute approximate surface area is 118 Å². The van der Waals surface area contributed by atoms with E-state index in [1.807, 2.05) is 6.07 Å². The number of benzene rings is 1. The van der Waals surface area contributed by atoms with Crippen molar-refractivity contribution >= 4 is 22.9 Å². The molecule has 0 spiro atoms. The SMILES string of the molecule is CCNC(c1sccc1Cl)c1c(C)cccc1C. The highest BCUT2D eigenvalue weighted by Gasteiger charge is 2.20. The minimum atomic E-state index is 0.198. The van der Waals surface area contributed by atoms with Gasteiger partial charge in [-0.05, 0) is 48.5 Å². The molecule has 1 aromatic heterocycles. The molecule has 0 amide bonds. The molecule has 1 nitrogen and oxygen atoms in total. The number of halogens is 1. The van der Waals surface area contributed by atoms with Crippen LogP contribution in [0.25, 0.3) is 0 Å². The van der Waals surface area contributed by atoms with E-state index in [2.05, 4.69) is 49.7 Å². The molecule has 0 radical (unpaired) electrons. The maximum Gasteiger partial charge on any atom is 0.0691 e. The predicted molar refractivity (Wildman–Crippen MR) is 80.8 cm³/mol. The van der Waals surface area contributed by atoms with Gasteiger partial charge in [0.15, 0.2) is 0 Å². The first-order chi connectivity index (χ1) is 8.65. The van der Waals surface area contributed by atoms with E-state index in [1.54, 1.807) is 11.3 Å². The van der Waals surface area contributed by atoms with Gasteiger partial charge in [-0.3, -0.25) is 0 Å². The van der Waals surface area contributed by atoms with Crippen molar-refractivity contribution in [2.75, 3.05) is 6.54 Å². The summed E-state index contributed by atoms with van der Waals surface area (Å²) in [5.74, 6) is 0. The topological polar surface area (TPSA) is 12.0 Å². The van der Waals surface area contributed by atoms with E-state index >= 15 is 0 Å². The van der Waals surface area contributed by atoms with Crippen molar-refractivity contribution in [1.29, 1.82) is 0 Å². The normalized spacial score (nSPS) is 12.7. The highest BCUT2D eigenvalue weighted by Crippen LogP contribution is 2.35. The molecule has 0 aliphatic rings. The van der Waals surface area contributed by atoms with Crippen molar-refractivity contribution in [2.24, 2.45) is 0 Å². The zero-order chi connectivity index (χ0) is 13.1. The number of aryl methyl sites for hydroxylation is 2. The van der Waals surface area contributed by atoms with Gasteiger partial charge in [-0.25, -0.2) is 0 Å². The van der Waals surface area contributed by atoms with Gasteiger partial charge >= 0.3 is 0 Å². The number of hydrogen-bond acceptors (Lipinski definition) is 2. The zero-order valence-corrected chi connectivity index (χ0v) is 12.5. The lowest BCUT2D eigenvalue weighted by Gasteiger charge is -2.22. The first-order valence-electron chi connectivity index (χ1n) is 6.17. The van der Waals surface area contributed by atoms with Crippen molar-refractivity contribution in [3.8, 4) is 0 Å². The van der Waals surface area contributed by atoms with Crippen LogP contribution >= 0.6 is 22.9 Å². The number of rotatable bonds is 4. The molecule has 1 N–H and O–H groups in total. The Morgan fingerprint density at radius 3 is 2.39 bits per heavy atom. The van der Waals surface area contributed by atoms with Crippen LogP contribution in [0.4, 0.5) is 0 Å². The predicted octanol–water partition coefficient (Wildman–Crippen LogP) is 4.72. The van der Waals surface area contributed by atoms with E-state index < -0.39 is 0 Å².